The Balaban J connectivity index is 1.17. The van der Waals surface area contributed by atoms with Gasteiger partial charge in [-0.1, -0.05) is 66.7 Å². The minimum absolute atomic E-state index is 0.0311. The Labute approximate surface area is 259 Å². The smallest absolute Gasteiger partial charge is 0.310 e. The lowest BCUT2D eigenvalue weighted by Gasteiger charge is -2.23. The Morgan fingerprint density at radius 1 is 1.07 bits per heavy atom. The number of nitrogens with zero attached hydrogens (tertiary/aromatic N) is 2. The highest BCUT2D eigenvalue weighted by atomic mass is 32.2. The maximum atomic E-state index is 13.0. The van der Waals surface area contributed by atoms with Crippen LogP contribution in [0.25, 0.3) is 10.8 Å². The molecule has 3 atom stereocenters. The van der Waals surface area contributed by atoms with E-state index < -0.39 is 24.2 Å². The molecular formula is C33H32N4O6S. The van der Waals surface area contributed by atoms with Crippen molar-refractivity contribution in [1.82, 2.24) is 15.6 Å². The molecule has 4 aromatic rings. The van der Waals surface area contributed by atoms with Gasteiger partial charge in [-0.05, 0) is 36.1 Å². The van der Waals surface area contributed by atoms with Crippen molar-refractivity contribution in [3.8, 4) is 0 Å². The zero-order chi connectivity index (χ0) is 30.9. The number of esters is 1. The third kappa shape index (κ3) is 7.80. The molecule has 5 rings (SSSR count). The van der Waals surface area contributed by atoms with Gasteiger partial charge < -0.3 is 25.0 Å². The Morgan fingerprint density at radius 3 is 2.64 bits per heavy atom. The van der Waals surface area contributed by atoms with Gasteiger partial charge >= 0.3 is 5.97 Å². The average Bonchev–Trinajstić information content (AvgIpc) is 3.40. The summed E-state index contributed by atoms with van der Waals surface area (Å²) in [5, 5.41) is 7.49. The van der Waals surface area contributed by atoms with E-state index in [4.69, 9.17) is 9.47 Å². The summed E-state index contributed by atoms with van der Waals surface area (Å²) in [7, 11) is 0. The lowest BCUT2D eigenvalue weighted by atomic mass is 10.1. The summed E-state index contributed by atoms with van der Waals surface area (Å²) in [5.74, 6) is -0.694. The number of nitrogens with one attached hydrogen (secondary N) is 2. The number of hydrogen-bond acceptors (Lipinski definition) is 8. The van der Waals surface area contributed by atoms with E-state index in [9.17, 15) is 19.2 Å². The molecule has 2 heterocycles. The molecule has 3 unspecified atom stereocenters. The molecule has 1 aliphatic rings. The van der Waals surface area contributed by atoms with Gasteiger partial charge in [-0.2, -0.15) is 0 Å². The van der Waals surface area contributed by atoms with Crippen molar-refractivity contribution < 1.29 is 28.7 Å². The number of ether oxygens (including phenoxy) is 2. The van der Waals surface area contributed by atoms with Crippen molar-refractivity contribution in [2.75, 3.05) is 17.2 Å². The Bertz CT molecular complexity index is 1630. The van der Waals surface area contributed by atoms with E-state index in [0.29, 0.717) is 23.5 Å². The van der Waals surface area contributed by atoms with Crippen LogP contribution in [-0.4, -0.2) is 59.8 Å². The molecule has 1 fully saturated rings. The van der Waals surface area contributed by atoms with Gasteiger partial charge in [0.1, 0.15) is 18.3 Å². The summed E-state index contributed by atoms with van der Waals surface area (Å²) in [6.45, 7) is 1.84. The van der Waals surface area contributed by atoms with Crippen LogP contribution >= 0.6 is 11.8 Å². The first-order valence-electron chi connectivity index (χ1n) is 14.1. The molecule has 0 spiro atoms. The SMILES string of the molecule is CC(CSc1ccccc1N(C=O)CC(=O)NC1CC(=O)OC1OCc1ccccc1)NC(=O)c1nccc2ccccc12. The van der Waals surface area contributed by atoms with Crippen LogP contribution in [0.15, 0.2) is 96.0 Å². The molecule has 44 heavy (non-hydrogen) atoms. The maximum absolute atomic E-state index is 13.0. The topological polar surface area (TPSA) is 127 Å². The van der Waals surface area contributed by atoms with Crippen molar-refractivity contribution in [3.63, 3.8) is 0 Å². The number of aromatic nitrogens is 1. The van der Waals surface area contributed by atoms with Crippen molar-refractivity contribution in [2.45, 2.75) is 43.2 Å². The summed E-state index contributed by atoms with van der Waals surface area (Å²) in [6, 6.07) is 25.2. The van der Waals surface area contributed by atoms with Gasteiger partial charge in [0.25, 0.3) is 5.91 Å². The maximum Gasteiger partial charge on any atom is 0.310 e. The van der Waals surface area contributed by atoms with Crippen LogP contribution in [0.1, 0.15) is 29.4 Å². The molecule has 0 bridgehead atoms. The number of carbonyl (C=O) groups is 4. The monoisotopic (exact) mass is 612 g/mol. The van der Waals surface area contributed by atoms with Gasteiger partial charge in [0.2, 0.25) is 18.6 Å². The Morgan fingerprint density at radius 2 is 1.82 bits per heavy atom. The molecule has 10 nitrogen and oxygen atoms in total. The number of rotatable bonds is 13. The predicted molar refractivity (Wildman–Crippen MR) is 167 cm³/mol. The highest BCUT2D eigenvalue weighted by molar-refractivity contribution is 7.99. The minimum atomic E-state index is -0.931. The fourth-order valence-electron chi connectivity index (χ4n) is 4.81. The molecular weight excluding hydrogens is 580 g/mol. The van der Waals surface area contributed by atoms with Crippen LogP contribution in [0.3, 0.4) is 0 Å². The molecule has 1 aromatic heterocycles. The van der Waals surface area contributed by atoms with Gasteiger partial charge in [0.15, 0.2) is 0 Å². The van der Waals surface area contributed by atoms with Gasteiger partial charge in [-0.3, -0.25) is 24.2 Å². The van der Waals surface area contributed by atoms with Crippen LogP contribution in [-0.2, 0) is 30.5 Å². The number of carbonyl (C=O) groups excluding carboxylic acids is 4. The molecule has 226 valence electrons. The summed E-state index contributed by atoms with van der Waals surface area (Å²) in [4.78, 5) is 56.5. The number of benzene rings is 3. The van der Waals surface area contributed by atoms with E-state index in [1.165, 1.54) is 16.7 Å². The van der Waals surface area contributed by atoms with E-state index in [1.54, 1.807) is 18.3 Å². The molecule has 2 N–H and O–H groups in total. The number of pyridine rings is 1. The second-order valence-corrected chi connectivity index (χ2v) is 11.4. The van der Waals surface area contributed by atoms with Crippen molar-refractivity contribution in [3.05, 3.63) is 102 Å². The summed E-state index contributed by atoms with van der Waals surface area (Å²) in [6.07, 6.45) is 1.25. The molecule has 1 saturated heterocycles. The van der Waals surface area contributed by atoms with Gasteiger partial charge in [-0.15, -0.1) is 11.8 Å². The molecule has 3 aromatic carbocycles. The zero-order valence-corrected chi connectivity index (χ0v) is 24.9. The number of cyclic esters (lactones) is 1. The fraction of sp³-hybridized carbons (Fsp3) is 0.242. The first-order chi connectivity index (χ1) is 21.4. The summed E-state index contributed by atoms with van der Waals surface area (Å²) >= 11 is 1.45. The third-order valence-corrected chi connectivity index (χ3v) is 8.26. The second kappa shape index (κ2) is 14.6. The van der Waals surface area contributed by atoms with Crippen molar-refractivity contribution in [1.29, 1.82) is 0 Å². The van der Waals surface area contributed by atoms with E-state index in [1.807, 2.05) is 79.7 Å². The Hall–Kier alpha value is -4.74. The lowest BCUT2D eigenvalue weighted by Crippen LogP contribution is -2.46. The highest BCUT2D eigenvalue weighted by Gasteiger charge is 2.37. The third-order valence-electron chi connectivity index (χ3n) is 6.94. The van der Waals surface area contributed by atoms with E-state index in [2.05, 4.69) is 15.6 Å². The zero-order valence-electron chi connectivity index (χ0n) is 24.1. The number of amides is 3. The standard InChI is InChI=1S/C33H32N4O6S/c1-22(35-32(41)31-25-12-6-5-11-24(25)15-16-34-31)20-44-28-14-8-7-13-27(28)37(21-38)18-29(39)36-26-17-30(40)43-33(26)42-19-23-9-3-2-4-10-23/h2-16,21-22,26,33H,17-20H2,1H3,(H,35,41)(H,36,39). The predicted octanol–water partition coefficient (Wildman–Crippen LogP) is 4.08. The summed E-state index contributed by atoms with van der Waals surface area (Å²) < 4.78 is 11.0. The van der Waals surface area contributed by atoms with Crippen LogP contribution in [0.5, 0.6) is 0 Å². The van der Waals surface area contributed by atoms with Crippen LogP contribution < -0.4 is 15.5 Å². The molecule has 11 heteroatoms. The second-order valence-electron chi connectivity index (χ2n) is 10.3. The van der Waals surface area contributed by atoms with Crippen molar-refractivity contribution in [2.24, 2.45) is 0 Å². The normalized spacial score (nSPS) is 16.6. The minimum Gasteiger partial charge on any atom is -0.433 e. The molecule has 0 radical (unpaired) electrons. The molecule has 0 aliphatic carbocycles. The largest absolute Gasteiger partial charge is 0.433 e. The van der Waals surface area contributed by atoms with Crippen molar-refractivity contribution >= 4 is 52.4 Å². The molecule has 0 saturated carbocycles. The quantitative estimate of drug-likeness (QED) is 0.131. The lowest BCUT2D eigenvalue weighted by molar-refractivity contribution is -0.168. The number of fused-ring (bicyclic) bond motifs is 1. The van der Waals surface area contributed by atoms with Crippen LogP contribution in [0.2, 0.25) is 0 Å². The van der Waals surface area contributed by atoms with Crippen LogP contribution in [0.4, 0.5) is 5.69 Å². The van der Waals surface area contributed by atoms with Gasteiger partial charge in [0, 0.05) is 28.3 Å². The number of anilines is 1. The number of hydrogen-bond donors (Lipinski definition) is 2. The van der Waals surface area contributed by atoms with E-state index in [0.717, 1.165) is 21.2 Å². The summed E-state index contributed by atoms with van der Waals surface area (Å²) in [5.41, 5.74) is 1.81. The molecule has 1 aliphatic heterocycles. The number of thioether (sulfide) groups is 1. The number of para-hydroxylation sites is 1. The first kappa shape index (κ1) is 30.7. The highest BCUT2D eigenvalue weighted by Crippen LogP contribution is 2.30. The van der Waals surface area contributed by atoms with Gasteiger partial charge in [-0.25, -0.2) is 0 Å². The van der Waals surface area contributed by atoms with E-state index >= 15 is 0 Å². The molecule has 3 amide bonds. The average molecular weight is 613 g/mol. The Kier molecular flexibility index (Phi) is 10.2. The van der Waals surface area contributed by atoms with E-state index in [-0.39, 0.29) is 31.5 Å². The fourth-order valence-corrected chi connectivity index (χ4v) is 5.83. The van der Waals surface area contributed by atoms with Gasteiger partial charge in [0.05, 0.1) is 18.7 Å². The van der Waals surface area contributed by atoms with Crippen LogP contribution in [0, 0.1) is 0 Å². The first-order valence-corrected chi connectivity index (χ1v) is 15.1.